The molecule has 4 nitrogen and oxygen atoms in total. The van der Waals surface area contributed by atoms with Gasteiger partial charge < -0.3 is 4.57 Å². The molecule has 2 fully saturated rings. The number of nitrogens with zero attached hydrogens (tertiary/aromatic N) is 2. The Kier molecular flexibility index (Phi) is 2.92. The summed E-state index contributed by atoms with van der Waals surface area (Å²) in [6, 6.07) is 0.256. The van der Waals surface area contributed by atoms with Crippen LogP contribution in [0.2, 0.25) is 0 Å². The number of fused-ring (bicyclic) bond motifs is 2. The van der Waals surface area contributed by atoms with Crippen molar-refractivity contribution < 1.29 is 0 Å². The molecule has 4 atom stereocenters. The van der Waals surface area contributed by atoms with Crippen molar-refractivity contribution in [2.75, 3.05) is 0 Å². The number of nitrogens with one attached hydrogen (secondary N) is 1. The lowest BCUT2D eigenvalue weighted by molar-refractivity contribution is 0.276. The van der Waals surface area contributed by atoms with Crippen LogP contribution in [0.5, 0.6) is 0 Å². The molecule has 0 aromatic carbocycles. The molecule has 4 heteroatoms. The summed E-state index contributed by atoms with van der Waals surface area (Å²) in [5.74, 6) is 8.55. The molecule has 3 rings (SSSR count). The molecule has 0 amide bonds. The standard InChI is InChI=1S/C13H22N4/c1-17-8-15-7-13(17)12(16-14)6-11-5-9-2-3-10(11)4-9/h7-12,16H,2-6,14H2,1H3. The molecule has 0 saturated heterocycles. The monoisotopic (exact) mass is 234 g/mol. The van der Waals surface area contributed by atoms with E-state index in [2.05, 4.69) is 15.0 Å². The summed E-state index contributed by atoms with van der Waals surface area (Å²) < 4.78 is 2.07. The van der Waals surface area contributed by atoms with Crippen molar-refractivity contribution in [3.63, 3.8) is 0 Å². The summed E-state index contributed by atoms with van der Waals surface area (Å²) in [6.07, 6.45) is 10.7. The highest BCUT2D eigenvalue weighted by molar-refractivity contribution is 5.06. The fraction of sp³-hybridized carbons (Fsp3) is 0.769. The summed E-state index contributed by atoms with van der Waals surface area (Å²) in [5.41, 5.74) is 4.17. The van der Waals surface area contributed by atoms with Gasteiger partial charge in [0.05, 0.1) is 18.1 Å². The molecule has 2 aliphatic carbocycles. The van der Waals surface area contributed by atoms with Gasteiger partial charge in [0.1, 0.15) is 0 Å². The van der Waals surface area contributed by atoms with E-state index in [-0.39, 0.29) is 6.04 Å². The minimum atomic E-state index is 0.256. The third kappa shape index (κ3) is 2.00. The van der Waals surface area contributed by atoms with Crippen LogP contribution in [0.1, 0.15) is 43.8 Å². The van der Waals surface area contributed by atoms with Gasteiger partial charge in [-0.25, -0.2) is 4.98 Å². The van der Waals surface area contributed by atoms with Gasteiger partial charge in [-0.1, -0.05) is 6.42 Å². The van der Waals surface area contributed by atoms with Gasteiger partial charge in [0.25, 0.3) is 0 Å². The second-order valence-electron chi connectivity index (χ2n) is 5.82. The summed E-state index contributed by atoms with van der Waals surface area (Å²) in [6.45, 7) is 0. The molecule has 2 bridgehead atoms. The summed E-state index contributed by atoms with van der Waals surface area (Å²) in [5, 5.41) is 0. The van der Waals surface area contributed by atoms with Gasteiger partial charge in [0, 0.05) is 13.2 Å². The highest BCUT2D eigenvalue weighted by Crippen LogP contribution is 2.50. The maximum absolute atomic E-state index is 5.72. The molecule has 0 spiro atoms. The van der Waals surface area contributed by atoms with Crippen molar-refractivity contribution in [1.82, 2.24) is 15.0 Å². The van der Waals surface area contributed by atoms with Crippen molar-refractivity contribution in [3.8, 4) is 0 Å². The molecule has 0 radical (unpaired) electrons. The highest BCUT2D eigenvalue weighted by Gasteiger charge is 2.40. The first-order valence-corrected chi connectivity index (χ1v) is 6.70. The van der Waals surface area contributed by atoms with Crippen molar-refractivity contribution in [1.29, 1.82) is 0 Å². The van der Waals surface area contributed by atoms with E-state index in [1.54, 1.807) is 0 Å². The number of aryl methyl sites for hydroxylation is 1. The Bertz CT molecular complexity index is 387. The van der Waals surface area contributed by atoms with E-state index in [1.807, 2.05) is 19.6 Å². The Labute approximate surface area is 103 Å². The van der Waals surface area contributed by atoms with Gasteiger partial charge in [-0.05, 0) is 43.4 Å². The number of hydrogen-bond acceptors (Lipinski definition) is 3. The van der Waals surface area contributed by atoms with Crippen molar-refractivity contribution in [3.05, 3.63) is 18.2 Å². The van der Waals surface area contributed by atoms with Crippen LogP contribution in [0.15, 0.2) is 12.5 Å². The first-order valence-electron chi connectivity index (χ1n) is 6.70. The Balaban J connectivity index is 1.69. The molecule has 4 unspecified atom stereocenters. The molecule has 94 valence electrons. The average Bonchev–Trinajstić information content (AvgIpc) is 3.02. The van der Waals surface area contributed by atoms with Crippen LogP contribution in [-0.2, 0) is 7.05 Å². The third-order valence-corrected chi connectivity index (χ3v) is 4.84. The minimum absolute atomic E-state index is 0.256. The van der Waals surface area contributed by atoms with Crippen molar-refractivity contribution in [2.45, 2.75) is 38.1 Å². The maximum Gasteiger partial charge on any atom is 0.0946 e. The first-order chi connectivity index (χ1) is 8.28. The normalized spacial score (nSPS) is 33.2. The van der Waals surface area contributed by atoms with Gasteiger partial charge in [0.15, 0.2) is 0 Å². The third-order valence-electron chi connectivity index (χ3n) is 4.84. The van der Waals surface area contributed by atoms with Crippen LogP contribution < -0.4 is 11.3 Å². The highest BCUT2D eigenvalue weighted by atomic mass is 15.2. The van der Waals surface area contributed by atoms with Crippen LogP contribution in [0, 0.1) is 17.8 Å². The smallest absolute Gasteiger partial charge is 0.0946 e. The fourth-order valence-electron chi connectivity index (χ4n) is 3.95. The molecule has 3 N–H and O–H groups in total. The topological polar surface area (TPSA) is 55.9 Å². The van der Waals surface area contributed by atoms with E-state index in [4.69, 9.17) is 5.84 Å². The molecule has 1 aromatic heterocycles. The number of nitrogens with two attached hydrogens (primary N) is 1. The number of hydrazine groups is 1. The van der Waals surface area contributed by atoms with Crippen molar-refractivity contribution >= 4 is 0 Å². The quantitative estimate of drug-likeness (QED) is 0.616. The van der Waals surface area contributed by atoms with E-state index in [0.717, 1.165) is 24.2 Å². The lowest BCUT2D eigenvalue weighted by atomic mass is 9.84. The van der Waals surface area contributed by atoms with E-state index < -0.39 is 0 Å². The Hall–Kier alpha value is -0.870. The number of aromatic nitrogens is 2. The number of rotatable bonds is 4. The lowest BCUT2D eigenvalue weighted by Gasteiger charge is -2.26. The number of imidazole rings is 1. The second-order valence-corrected chi connectivity index (χ2v) is 5.82. The number of hydrogen-bond donors (Lipinski definition) is 2. The van der Waals surface area contributed by atoms with Crippen LogP contribution in [0.3, 0.4) is 0 Å². The molecule has 2 saturated carbocycles. The molecule has 0 aliphatic heterocycles. The zero-order chi connectivity index (χ0) is 11.8. The van der Waals surface area contributed by atoms with Gasteiger partial charge in [-0.2, -0.15) is 0 Å². The zero-order valence-electron chi connectivity index (χ0n) is 10.5. The molecular formula is C13H22N4. The Morgan fingerprint density at radius 1 is 1.53 bits per heavy atom. The van der Waals surface area contributed by atoms with E-state index in [0.29, 0.717) is 0 Å². The maximum atomic E-state index is 5.72. The zero-order valence-corrected chi connectivity index (χ0v) is 10.5. The molecule has 17 heavy (non-hydrogen) atoms. The van der Waals surface area contributed by atoms with Gasteiger partial charge in [-0.15, -0.1) is 0 Å². The summed E-state index contributed by atoms with van der Waals surface area (Å²) in [7, 11) is 2.04. The van der Waals surface area contributed by atoms with E-state index >= 15 is 0 Å². The fourth-order valence-corrected chi connectivity index (χ4v) is 3.95. The SMILES string of the molecule is Cn1cncc1C(CC1CC2CCC1C2)NN. The first kappa shape index (κ1) is 11.2. The van der Waals surface area contributed by atoms with E-state index in [1.165, 1.54) is 31.4 Å². The predicted molar refractivity (Wildman–Crippen MR) is 66.8 cm³/mol. The average molecular weight is 234 g/mol. The largest absolute Gasteiger partial charge is 0.336 e. The van der Waals surface area contributed by atoms with Crippen LogP contribution in [-0.4, -0.2) is 9.55 Å². The van der Waals surface area contributed by atoms with Crippen LogP contribution in [0.25, 0.3) is 0 Å². The lowest BCUT2D eigenvalue weighted by Crippen LogP contribution is -2.32. The molecule has 1 aromatic rings. The van der Waals surface area contributed by atoms with E-state index in [9.17, 15) is 0 Å². The molecule has 1 heterocycles. The molecular weight excluding hydrogens is 212 g/mol. The van der Waals surface area contributed by atoms with Gasteiger partial charge in [-0.3, -0.25) is 11.3 Å². The summed E-state index contributed by atoms with van der Waals surface area (Å²) >= 11 is 0. The van der Waals surface area contributed by atoms with Crippen LogP contribution >= 0.6 is 0 Å². The van der Waals surface area contributed by atoms with Gasteiger partial charge in [0.2, 0.25) is 0 Å². The van der Waals surface area contributed by atoms with Crippen molar-refractivity contribution in [2.24, 2.45) is 30.6 Å². The minimum Gasteiger partial charge on any atom is -0.336 e. The van der Waals surface area contributed by atoms with Crippen LogP contribution in [0.4, 0.5) is 0 Å². The molecule has 2 aliphatic rings. The Morgan fingerprint density at radius 3 is 2.94 bits per heavy atom. The second kappa shape index (κ2) is 4.42. The summed E-state index contributed by atoms with van der Waals surface area (Å²) in [4.78, 5) is 4.18. The predicted octanol–water partition coefficient (Wildman–Crippen LogP) is 1.75. The van der Waals surface area contributed by atoms with Gasteiger partial charge >= 0.3 is 0 Å². The Morgan fingerprint density at radius 2 is 2.41 bits per heavy atom.